The molecule has 1 aliphatic rings. The second-order valence-electron chi connectivity index (χ2n) is 3.60. The van der Waals surface area contributed by atoms with Crippen LogP contribution >= 0.6 is 0 Å². The van der Waals surface area contributed by atoms with Gasteiger partial charge >= 0.3 is 0 Å². The molecule has 1 fully saturated rings. The average Bonchev–Trinajstić information content (AvgIpc) is 2.06. The van der Waals surface area contributed by atoms with Gasteiger partial charge in [0.05, 0.1) is 0 Å². The maximum Gasteiger partial charge on any atom is 0.0445 e. The first kappa shape index (κ1) is 9.96. The van der Waals surface area contributed by atoms with Crippen molar-refractivity contribution >= 4 is 0 Å². The molecule has 0 bridgehead atoms. The number of hydrogen-bond acceptors (Lipinski definition) is 3. The second kappa shape index (κ2) is 5.51. The number of aliphatic hydroxyl groups is 1. The van der Waals surface area contributed by atoms with Gasteiger partial charge in [0, 0.05) is 18.7 Å². The maximum atomic E-state index is 8.71. The molecule has 1 aliphatic heterocycles. The quantitative estimate of drug-likeness (QED) is 0.563. The molecule has 0 aliphatic carbocycles. The fourth-order valence-electron chi connectivity index (χ4n) is 1.67. The predicted molar refractivity (Wildman–Crippen MR) is 50.2 cm³/mol. The Kier molecular flexibility index (Phi) is 4.58. The van der Waals surface area contributed by atoms with Crippen LogP contribution in [0.5, 0.6) is 0 Å². The number of aliphatic hydroxyl groups excluding tert-OH is 1. The zero-order valence-corrected chi connectivity index (χ0v) is 7.84. The highest BCUT2D eigenvalue weighted by molar-refractivity contribution is 4.76. The molecule has 3 heteroatoms. The lowest BCUT2D eigenvalue weighted by Crippen LogP contribution is -2.43. The highest BCUT2D eigenvalue weighted by Crippen LogP contribution is 2.04. The van der Waals surface area contributed by atoms with Gasteiger partial charge in [0.2, 0.25) is 0 Å². The Hall–Kier alpha value is -0.120. The molecule has 0 saturated carbocycles. The van der Waals surface area contributed by atoms with Crippen molar-refractivity contribution in [1.29, 1.82) is 0 Å². The molecule has 3 N–H and O–H groups in total. The lowest BCUT2D eigenvalue weighted by atomic mass is 10.1. The summed E-state index contributed by atoms with van der Waals surface area (Å²) in [6.45, 7) is 4.68. The Balaban J connectivity index is 2.11. The summed E-state index contributed by atoms with van der Waals surface area (Å²) in [5, 5.41) is 15.6. The van der Waals surface area contributed by atoms with Gasteiger partial charge in [-0.3, -0.25) is 0 Å². The fraction of sp³-hybridized carbons (Fsp3) is 1.00. The van der Waals surface area contributed by atoms with E-state index in [2.05, 4.69) is 17.6 Å². The summed E-state index contributed by atoms with van der Waals surface area (Å²) in [7, 11) is 0. The molecule has 3 nitrogen and oxygen atoms in total. The minimum Gasteiger partial charge on any atom is -0.396 e. The molecular formula is C9H20N2O. The molecule has 1 rings (SSSR count). The van der Waals surface area contributed by atoms with E-state index in [1.807, 2.05) is 0 Å². The first-order valence-electron chi connectivity index (χ1n) is 4.90. The normalized spacial score (nSPS) is 22.5. The molecule has 0 radical (unpaired) electrons. The molecule has 12 heavy (non-hydrogen) atoms. The maximum absolute atomic E-state index is 8.71. The minimum absolute atomic E-state index is 0.291. The number of rotatable bonds is 4. The van der Waals surface area contributed by atoms with Crippen molar-refractivity contribution in [3.8, 4) is 0 Å². The van der Waals surface area contributed by atoms with E-state index in [0.717, 1.165) is 19.5 Å². The van der Waals surface area contributed by atoms with Gasteiger partial charge in [-0.05, 0) is 39.3 Å². The molecule has 72 valence electrons. The van der Waals surface area contributed by atoms with Gasteiger partial charge in [0.1, 0.15) is 0 Å². The summed E-state index contributed by atoms with van der Waals surface area (Å²) in [6.07, 6.45) is 3.30. The van der Waals surface area contributed by atoms with Crippen LogP contribution in [0.2, 0.25) is 0 Å². The van der Waals surface area contributed by atoms with E-state index < -0.39 is 0 Å². The summed E-state index contributed by atoms with van der Waals surface area (Å²) in [5.74, 6) is 0. The van der Waals surface area contributed by atoms with E-state index in [0.29, 0.717) is 18.7 Å². The first-order valence-corrected chi connectivity index (χ1v) is 4.90. The Bertz CT molecular complexity index is 113. The molecule has 1 unspecified atom stereocenters. The highest BCUT2D eigenvalue weighted by atomic mass is 16.3. The van der Waals surface area contributed by atoms with Crippen molar-refractivity contribution in [1.82, 2.24) is 10.6 Å². The van der Waals surface area contributed by atoms with Crippen molar-refractivity contribution in [2.75, 3.05) is 19.7 Å². The van der Waals surface area contributed by atoms with Gasteiger partial charge in [0.25, 0.3) is 0 Å². The van der Waals surface area contributed by atoms with Gasteiger partial charge in [-0.25, -0.2) is 0 Å². The lowest BCUT2D eigenvalue weighted by molar-refractivity contribution is 0.255. The molecule has 0 spiro atoms. The van der Waals surface area contributed by atoms with E-state index >= 15 is 0 Å². The van der Waals surface area contributed by atoms with E-state index in [4.69, 9.17) is 5.11 Å². The van der Waals surface area contributed by atoms with Gasteiger partial charge in [-0.2, -0.15) is 0 Å². The van der Waals surface area contributed by atoms with Gasteiger partial charge in [0.15, 0.2) is 0 Å². The monoisotopic (exact) mass is 172 g/mol. The molecule has 0 aromatic carbocycles. The summed E-state index contributed by atoms with van der Waals surface area (Å²) < 4.78 is 0. The molecule has 1 atom stereocenters. The van der Waals surface area contributed by atoms with Crippen LogP contribution in [0.3, 0.4) is 0 Å². The zero-order valence-electron chi connectivity index (χ0n) is 7.84. The molecule has 0 amide bonds. The Morgan fingerprint density at radius 2 is 2.17 bits per heavy atom. The van der Waals surface area contributed by atoms with Crippen LogP contribution in [0, 0.1) is 0 Å². The summed E-state index contributed by atoms with van der Waals surface area (Å²) in [4.78, 5) is 0. The Morgan fingerprint density at radius 3 is 2.75 bits per heavy atom. The van der Waals surface area contributed by atoms with Crippen LogP contribution in [0.1, 0.15) is 26.2 Å². The molecule has 1 heterocycles. The molecular weight excluding hydrogens is 152 g/mol. The van der Waals surface area contributed by atoms with Gasteiger partial charge in [-0.15, -0.1) is 0 Å². The van der Waals surface area contributed by atoms with Crippen LogP contribution in [0.25, 0.3) is 0 Å². The van der Waals surface area contributed by atoms with Crippen LogP contribution in [0.15, 0.2) is 0 Å². The molecule has 0 aromatic heterocycles. The van der Waals surface area contributed by atoms with Crippen LogP contribution in [-0.4, -0.2) is 36.9 Å². The smallest absolute Gasteiger partial charge is 0.0445 e. The Labute approximate surface area is 74.5 Å². The number of nitrogens with one attached hydrogen (secondary N) is 2. The van der Waals surface area contributed by atoms with Crippen molar-refractivity contribution < 1.29 is 5.11 Å². The minimum atomic E-state index is 0.291. The van der Waals surface area contributed by atoms with Crippen molar-refractivity contribution in [2.24, 2.45) is 0 Å². The van der Waals surface area contributed by atoms with Gasteiger partial charge < -0.3 is 15.7 Å². The molecule has 0 aromatic rings. The van der Waals surface area contributed by atoms with E-state index in [1.54, 1.807) is 0 Å². The number of piperidine rings is 1. The van der Waals surface area contributed by atoms with E-state index in [-0.39, 0.29) is 0 Å². The van der Waals surface area contributed by atoms with Crippen LogP contribution in [-0.2, 0) is 0 Å². The molecule has 1 saturated heterocycles. The third kappa shape index (κ3) is 3.52. The van der Waals surface area contributed by atoms with Crippen molar-refractivity contribution in [2.45, 2.75) is 38.3 Å². The summed E-state index contributed by atoms with van der Waals surface area (Å²) in [5.41, 5.74) is 0. The SMILES string of the molecule is CC(CCO)NC1CCNCC1. The summed E-state index contributed by atoms with van der Waals surface area (Å²) in [6, 6.07) is 1.12. The van der Waals surface area contributed by atoms with E-state index in [1.165, 1.54) is 12.8 Å². The van der Waals surface area contributed by atoms with Crippen LogP contribution < -0.4 is 10.6 Å². The Morgan fingerprint density at radius 1 is 1.50 bits per heavy atom. The standard InChI is InChI=1S/C9H20N2O/c1-8(4-7-12)11-9-2-5-10-6-3-9/h8-12H,2-7H2,1H3. The second-order valence-corrected chi connectivity index (χ2v) is 3.60. The topological polar surface area (TPSA) is 44.3 Å². The predicted octanol–water partition coefficient (Wildman–Crippen LogP) is 0.0989. The lowest BCUT2D eigenvalue weighted by Gasteiger charge is -2.26. The average molecular weight is 172 g/mol. The fourth-order valence-corrected chi connectivity index (χ4v) is 1.67. The highest BCUT2D eigenvalue weighted by Gasteiger charge is 2.14. The van der Waals surface area contributed by atoms with Crippen LogP contribution in [0.4, 0.5) is 0 Å². The van der Waals surface area contributed by atoms with E-state index in [9.17, 15) is 0 Å². The third-order valence-electron chi connectivity index (χ3n) is 2.42. The van der Waals surface area contributed by atoms with Gasteiger partial charge in [-0.1, -0.05) is 0 Å². The van der Waals surface area contributed by atoms with Crippen molar-refractivity contribution in [3.63, 3.8) is 0 Å². The largest absolute Gasteiger partial charge is 0.396 e. The van der Waals surface area contributed by atoms with Crippen molar-refractivity contribution in [3.05, 3.63) is 0 Å². The summed E-state index contributed by atoms with van der Waals surface area (Å²) >= 11 is 0. The first-order chi connectivity index (χ1) is 5.83. The zero-order chi connectivity index (χ0) is 8.81. The number of hydrogen-bond donors (Lipinski definition) is 3. The third-order valence-corrected chi connectivity index (χ3v) is 2.42.